The highest BCUT2D eigenvalue weighted by Crippen LogP contribution is 2.33. The van der Waals surface area contributed by atoms with E-state index in [2.05, 4.69) is 23.5 Å². The Morgan fingerprint density at radius 3 is 3.22 bits per heavy atom. The van der Waals surface area contributed by atoms with Gasteiger partial charge in [0.2, 0.25) is 0 Å². The Bertz CT molecular complexity index is 530. The lowest BCUT2D eigenvalue weighted by Crippen LogP contribution is -2.19. The van der Waals surface area contributed by atoms with Crippen molar-refractivity contribution in [2.24, 2.45) is 0 Å². The van der Waals surface area contributed by atoms with Gasteiger partial charge < -0.3 is 14.8 Å². The van der Waals surface area contributed by atoms with Crippen LogP contribution in [0.15, 0.2) is 24.3 Å². The van der Waals surface area contributed by atoms with Gasteiger partial charge >= 0.3 is 0 Å². The van der Waals surface area contributed by atoms with Crippen LogP contribution in [0.2, 0.25) is 0 Å². The zero-order valence-electron chi connectivity index (χ0n) is 10.4. The molecule has 1 atom stereocenters. The topological polar surface area (TPSA) is 30.5 Å². The average Bonchev–Trinajstić information content (AvgIpc) is 2.63. The molecule has 0 aliphatic carbocycles. The van der Waals surface area contributed by atoms with Crippen LogP contribution in [0, 0.1) is 0 Å². The quantitative estimate of drug-likeness (QED) is 0.903. The van der Waals surface area contributed by atoms with E-state index >= 15 is 0 Å². The Labute approximate surface area is 111 Å². The van der Waals surface area contributed by atoms with Crippen molar-refractivity contribution in [3.8, 4) is 5.75 Å². The van der Waals surface area contributed by atoms with E-state index in [0.717, 1.165) is 31.9 Å². The summed E-state index contributed by atoms with van der Waals surface area (Å²) in [5.41, 5.74) is 0. The van der Waals surface area contributed by atoms with Crippen LogP contribution >= 0.6 is 11.3 Å². The van der Waals surface area contributed by atoms with E-state index in [0.29, 0.717) is 0 Å². The van der Waals surface area contributed by atoms with Crippen LogP contribution < -0.4 is 10.1 Å². The van der Waals surface area contributed by atoms with Crippen LogP contribution in [0.5, 0.6) is 5.75 Å². The maximum Gasteiger partial charge on any atom is 0.119 e. The Kier molecular flexibility index (Phi) is 3.50. The molecule has 0 saturated carbocycles. The van der Waals surface area contributed by atoms with Crippen molar-refractivity contribution in [3.63, 3.8) is 0 Å². The Morgan fingerprint density at radius 2 is 2.33 bits per heavy atom. The van der Waals surface area contributed by atoms with Crippen molar-refractivity contribution in [2.75, 3.05) is 26.8 Å². The van der Waals surface area contributed by atoms with E-state index in [1.807, 2.05) is 17.4 Å². The Balaban J connectivity index is 1.91. The number of hydrogen-bond donors (Lipinski definition) is 1. The van der Waals surface area contributed by atoms with E-state index in [9.17, 15) is 0 Å². The second-order valence-corrected chi connectivity index (χ2v) is 5.58. The number of thiophene rings is 1. The molecule has 1 aliphatic rings. The van der Waals surface area contributed by atoms with Gasteiger partial charge in [0.15, 0.2) is 0 Å². The fourth-order valence-corrected chi connectivity index (χ4v) is 3.32. The van der Waals surface area contributed by atoms with E-state index < -0.39 is 0 Å². The number of hydrogen-bond acceptors (Lipinski definition) is 4. The molecule has 1 aliphatic heterocycles. The number of methoxy groups -OCH3 is 1. The molecule has 1 aromatic heterocycles. The molecule has 3 nitrogen and oxygen atoms in total. The summed E-state index contributed by atoms with van der Waals surface area (Å²) in [4.78, 5) is 1.30. The molecule has 0 radical (unpaired) electrons. The van der Waals surface area contributed by atoms with Gasteiger partial charge in [0, 0.05) is 22.7 Å². The predicted octanol–water partition coefficient (Wildman–Crippen LogP) is 2.96. The number of nitrogens with one attached hydrogen (secondary N) is 1. The highest BCUT2D eigenvalue weighted by Gasteiger charge is 2.17. The molecule has 1 saturated heterocycles. The van der Waals surface area contributed by atoms with Gasteiger partial charge in [-0.15, -0.1) is 11.3 Å². The second-order valence-electron chi connectivity index (χ2n) is 4.47. The molecule has 1 unspecified atom stereocenters. The highest BCUT2D eigenvalue weighted by atomic mass is 32.1. The van der Waals surface area contributed by atoms with Crippen LogP contribution in [-0.4, -0.2) is 26.8 Å². The van der Waals surface area contributed by atoms with Crippen molar-refractivity contribution >= 4 is 21.4 Å². The SMILES string of the molecule is COc1ccc2sc(C3CNCCCO3)cc2c1. The van der Waals surface area contributed by atoms with Gasteiger partial charge in [0.1, 0.15) is 11.9 Å². The second kappa shape index (κ2) is 5.26. The van der Waals surface area contributed by atoms with E-state index in [1.165, 1.54) is 15.0 Å². The number of rotatable bonds is 2. The van der Waals surface area contributed by atoms with Gasteiger partial charge in [-0.25, -0.2) is 0 Å². The van der Waals surface area contributed by atoms with Crippen LogP contribution in [0.3, 0.4) is 0 Å². The van der Waals surface area contributed by atoms with Crippen LogP contribution in [-0.2, 0) is 4.74 Å². The van der Waals surface area contributed by atoms with Crippen LogP contribution in [0.1, 0.15) is 17.4 Å². The summed E-state index contributed by atoms with van der Waals surface area (Å²) in [6.45, 7) is 2.80. The van der Waals surface area contributed by atoms with Gasteiger partial charge in [0.25, 0.3) is 0 Å². The van der Waals surface area contributed by atoms with Crippen molar-refractivity contribution in [1.82, 2.24) is 5.32 Å². The van der Waals surface area contributed by atoms with Crippen LogP contribution in [0.4, 0.5) is 0 Å². The third kappa shape index (κ3) is 2.36. The monoisotopic (exact) mass is 263 g/mol. The summed E-state index contributed by atoms with van der Waals surface area (Å²) >= 11 is 1.81. The molecular formula is C14H17NO2S. The van der Waals surface area contributed by atoms with Gasteiger partial charge in [-0.1, -0.05) is 0 Å². The Hall–Kier alpha value is -1.10. The molecular weight excluding hydrogens is 246 g/mol. The lowest BCUT2D eigenvalue weighted by atomic mass is 10.2. The minimum Gasteiger partial charge on any atom is -0.497 e. The first-order valence-electron chi connectivity index (χ1n) is 6.26. The average molecular weight is 263 g/mol. The first-order valence-corrected chi connectivity index (χ1v) is 7.08. The first kappa shape index (κ1) is 12.0. The predicted molar refractivity (Wildman–Crippen MR) is 74.6 cm³/mol. The zero-order valence-corrected chi connectivity index (χ0v) is 11.3. The largest absolute Gasteiger partial charge is 0.497 e. The molecule has 1 aromatic carbocycles. The maximum atomic E-state index is 5.89. The molecule has 3 rings (SSSR count). The molecule has 0 spiro atoms. The third-order valence-corrected chi connectivity index (χ3v) is 4.41. The summed E-state index contributed by atoms with van der Waals surface area (Å²) < 4.78 is 12.4. The van der Waals surface area contributed by atoms with Crippen molar-refractivity contribution in [1.29, 1.82) is 0 Å². The van der Waals surface area contributed by atoms with E-state index in [-0.39, 0.29) is 6.10 Å². The molecule has 0 bridgehead atoms. The van der Waals surface area contributed by atoms with Crippen molar-refractivity contribution in [3.05, 3.63) is 29.1 Å². The number of fused-ring (bicyclic) bond motifs is 1. The third-order valence-electron chi connectivity index (χ3n) is 3.21. The molecule has 2 heterocycles. The number of ether oxygens (including phenoxy) is 2. The van der Waals surface area contributed by atoms with Crippen LogP contribution in [0.25, 0.3) is 10.1 Å². The van der Waals surface area contributed by atoms with Crippen molar-refractivity contribution in [2.45, 2.75) is 12.5 Å². The van der Waals surface area contributed by atoms with Gasteiger partial charge in [-0.3, -0.25) is 0 Å². The zero-order chi connectivity index (χ0) is 12.4. The standard InChI is InChI=1S/C14H17NO2S/c1-16-11-3-4-13-10(7-11)8-14(18-13)12-9-15-5-2-6-17-12/h3-4,7-8,12,15H,2,5-6,9H2,1H3. The minimum atomic E-state index is 0.191. The van der Waals surface area contributed by atoms with Gasteiger partial charge in [-0.05, 0) is 42.6 Å². The molecule has 18 heavy (non-hydrogen) atoms. The molecule has 96 valence electrons. The summed E-state index contributed by atoms with van der Waals surface area (Å²) in [5, 5.41) is 4.66. The molecule has 4 heteroatoms. The summed E-state index contributed by atoms with van der Waals surface area (Å²) in [6.07, 6.45) is 1.28. The van der Waals surface area contributed by atoms with Gasteiger partial charge in [0.05, 0.1) is 7.11 Å². The minimum absolute atomic E-state index is 0.191. The van der Waals surface area contributed by atoms with Crippen molar-refractivity contribution < 1.29 is 9.47 Å². The summed E-state index contributed by atoms with van der Waals surface area (Å²) in [5.74, 6) is 0.909. The molecule has 0 amide bonds. The summed E-state index contributed by atoms with van der Waals surface area (Å²) in [7, 11) is 1.70. The van der Waals surface area contributed by atoms with E-state index in [1.54, 1.807) is 7.11 Å². The maximum absolute atomic E-state index is 5.89. The molecule has 1 N–H and O–H groups in total. The first-order chi connectivity index (χ1) is 8.86. The smallest absolute Gasteiger partial charge is 0.119 e. The fraction of sp³-hybridized carbons (Fsp3) is 0.429. The highest BCUT2D eigenvalue weighted by molar-refractivity contribution is 7.19. The normalized spacial score (nSPS) is 20.8. The lowest BCUT2D eigenvalue weighted by Gasteiger charge is -2.12. The number of benzene rings is 1. The van der Waals surface area contributed by atoms with E-state index in [4.69, 9.17) is 9.47 Å². The molecule has 2 aromatic rings. The fourth-order valence-electron chi connectivity index (χ4n) is 2.23. The van der Waals surface area contributed by atoms with Gasteiger partial charge in [-0.2, -0.15) is 0 Å². The summed E-state index contributed by atoms with van der Waals surface area (Å²) in [6, 6.07) is 8.43. The Morgan fingerprint density at radius 1 is 1.39 bits per heavy atom. The molecule has 1 fully saturated rings. The lowest BCUT2D eigenvalue weighted by molar-refractivity contribution is 0.0694.